The summed E-state index contributed by atoms with van der Waals surface area (Å²) in [5, 5.41) is 6.75. The fraction of sp³-hybridized carbons (Fsp3) is 0.393. The van der Waals surface area contributed by atoms with E-state index in [9.17, 15) is 9.59 Å². The number of likely N-dealkylation sites (N-methyl/N-ethyl adjacent to an activating group) is 1. The molecule has 0 unspecified atom stereocenters. The minimum absolute atomic E-state index is 0.124. The van der Waals surface area contributed by atoms with Crippen LogP contribution >= 0.6 is 0 Å². The van der Waals surface area contributed by atoms with Gasteiger partial charge in [0.15, 0.2) is 11.5 Å². The van der Waals surface area contributed by atoms with Crippen molar-refractivity contribution in [1.82, 2.24) is 15.6 Å². The third-order valence-corrected chi connectivity index (χ3v) is 6.75. The monoisotopic (exact) mass is 491 g/mol. The summed E-state index contributed by atoms with van der Waals surface area (Å²) in [5.74, 6) is 1.04. The predicted octanol–water partition coefficient (Wildman–Crippen LogP) is 4.50. The number of carbonyl (C=O) groups excluding carboxylic acids is 2. The molecule has 1 fully saturated rings. The van der Waals surface area contributed by atoms with Crippen LogP contribution in [0.1, 0.15) is 49.4 Å². The van der Waals surface area contributed by atoms with Crippen LogP contribution in [0.5, 0.6) is 17.2 Å². The Kier molecular flexibility index (Phi) is 7.62. The maximum absolute atomic E-state index is 13.8. The second-order valence-electron chi connectivity index (χ2n) is 8.94. The highest BCUT2D eigenvalue weighted by molar-refractivity contribution is 6.09. The molecule has 0 atom stereocenters. The first kappa shape index (κ1) is 25.3. The first-order valence-electron chi connectivity index (χ1n) is 12.3. The summed E-state index contributed by atoms with van der Waals surface area (Å²) in [7, 11) is 4.66. The van der Waals surface area contributed by atoms with Gasteiger partial charge in [0.25, 0.3) is 5.91 Å². The Hall–Kier alpha value is -3.81. The molecule has 1 aromatic heterocycles. The molecule has 190 valence electrons. The predicted molar refractivity (Wildman–Crippen MR) is 139 cm³/mol. The van der Waals surface area contributed by atoms with Crippen molar-refractivity contribution in [2.24, 2.45) is 0 Å². The number of rotatable bonds is 8. The van der Waals surface area contributed by atoms with E-state index < -0.39 is 5.54 Å². The van der Waals surface area contributed by atoms with E-state index in [2.05, 4.69) is 10.6 Å². The third-order valence-electron chi connectivity index (χ3n) is 6.75. The van der Waals surface area contributed by atoms with Gasteiger partial charge in [-0.3, -0.25) is 9.59 Å². The number of nitrogens with zero attached hydrogens (tertiary/aromatic N) is 1. The van der Waals surface area contributed by atoms with Crippen LogP contribution in [-0.2, 0) is 4.79 Å². The molecular formula is C28H33N3O5. The molecular weight excluding hydrogens is 458 g/mol. The smallest absolute Gasteiger partial charge is 0.252 e. The Morgan fingerprint density at radius 2 is 1.61 bits per heavy atom. The molecule has 0 saturated heterocycles. The lowest BCUT2D eigenvalue weighted by atomic mass is 9.80. The molecule has 1 heterocycles. The normalized spacial score (nSPS) is 14.7. The molecule has 0 spiro atoms. The summed E-state index contributed by atoms with van der Waals surface area (Å²) in [6.45, 7) is 2.40. The maximum atomic E-state index is 13.8. The van der Waals surface area contributed by atoms with Gasteiger partial charge in [0, 0.05) is 17.5 Å². The van der Waals surface area contributed by atoms with Crippen molar-refractivity contribution >= 4 is 22.7 Å². The van der Waals surface area contributed by atoms with Gasteiger partial charge in [-0.2, -0.15) is 0 Å². The highest BCUT2D eigenvalue weighted by Gasteiger charge is 2.41. The van der Waals surface area contributed by atoms with Crippen LogP contribution < -0.4 is 24.8 Å². The molecule has 8 heteroatoms. The van der Waals surface area contributed by atoms with Crippen molar-refractivity contribution in [1.29, 1.82) is 0 Å². The van der Waals surface area contributed by atoms with Gasteiger partial charge < -0.3 is 24.8 Å². The molecule has 0 bridgehead atoms. The second kappa shape index (κ2) is 10.8. The number of hydrogen-bond acceptors (Lipinski definition) is 6. The van der Waals surface area contributed by atoms with Crippen LogP contribution in [0.25, 0.3) is 22.2 Å². The SMILES string of the molecule is CCNC(=O)C1(NC(=O)c2cc(-c3cc(OC)c(OC)c(OC)c3)nc3ccccc23)CCCCC1. The zero-order valence-electron chi connectivity index (χ0n) is 21.3. The highest BCUT2D eigenvalue weighted by atomic mass is 16.5. The van der Waals surface area contributed by atoms with Gasteiger partial charge in [0.1, 0.15) is 5.54 Å². The van der Waals surface area contributed by atoms with Crippen molar-refractivity contribution < 1.29 is 23.8 Å². The summed E-state index contributed by atoms with van der Waals surface area (Å²) in [6.07, 6.45) is 4.08. The van der Waals surface area contributed by atoms with Gasteiger partial charge in [0.05, 0.1) is 38.1 Å². The number of carbonyl (C=O) groups is 2. The van der Waals surface area contributed by atoms with Gasteiger partial charge in [-0.25, -0.2) is 4.98 Å². The molecule has 8 nitrogen and oxygen atoms in total. The number of para-hydroxylation sites is 1. The van der Waals surface area contributed by atoms with Gasteiger partial charge in [-0.05, 0) is 44.0 Å². The van der Waals surface area contributed by atoms with Crippen LogP contribution in [0.2, 0.25) is 0 Å². The molecule has 4 rings (SSSR count). The van der Waals surface area contributed by atoms with Crippen molar-refractivity contribution in [3.05, 3.63) is 48.0 Å². The summed E-state index contributed by atoms with van der Waals surface area (Å²) in [4.78, 5) is 31.7. The lowest BCUT2D eigenvalue weighted by molar-refractivity contribution is -0.128. The molecule has 1 saturated carbocycles. The Balaban J connectivity index is 1.81. The fourth-order valence-electron chi connectivity index (χ4n) is 4.92. The maximum Gasteiger partial charge on any atom is 0.252 e. The number of benzene rings is 2. The van der Waals surface area contributed by atoms with E-state index in [-0.39, 0.29) is 11.8 Å². The average Bonchev–Trinajstić information content (AvgIpc) is 2.92. The Labute approximate surface area is 211 Å². The molecule has 2 amide bonds. The molecule has 2 aromatic carbocycles. The van der Waals surface area contributed by atoms with E-state index in [0.29, 0.717) is 64.4 Å². The van der Waals surface area contributed by atoms with Crippen LogP contribution in [0, 0.1) is 0 Å². The van der Waals surface area contributed by atoms with E-state index in [0.717, 1.165) is 19.3 Å². The number of aromatic nitrogens is 1. The van der Waals surface area contributed by atoms with E-state index in [1.807, 2.05) is 31.2 Å². The first-order valence-corrected chi connectivity index (χ1v) is 12.3. The molecule has 1 aliphatic carbocycles. The summed E-state index contributed by atoms with van der Waals surface area (Å²) in [6, 6.07) is 12.9. The van der Waals surface area contributed by atoms with Crippen molar-refractivity contribution in [3.63, 3.8) is 0 Å². The Bertz CT molecular complexity index is 1240. The van der Waals surface area contributed by atoms with Gasteiger partial charge in [-0.1, -0.05) is 37.5 Å². The number of fused-ring (bicyclic) bond motifs is 1. The number of ether oxygens (including phenoxy) is 3. The lowest BCUT2D eigenvalue weighted by Crippen LogP contribution is -2.59. The molecule has 1 aliphatic rings. The van der Waals surface area contributed by atoms with Crippen molar-refractivity contribution in [2.45, 2.75) is 44.6 Å². The van der Waals surface area contributed by atoms with E-state index in [4.69, 9.17) is 19.2 Å². The number of nitrogens with one attached hydrogen (secondary N) is 2. The van der Waals surface area contributed by atoms with Crippen LogP contribution in [0.3, 0.4) is 0 Å². The van der Waals surface area contributed by atoms with Gasteiger partial charge in [-0.15, -0.1) is 0 Å². The highest BCUT2D eigenvalue weighted by Crippen LogP contribution is 2.41. The Morgan fingerprint density at radius 1 is 0.944 bits per heavy atom. The molecule has 0 radical (unpaired) electrons. The number of hydrogen-bond donors (Lipinski definition) is 2. The zero-order chi connectivity index (χ0) is 25.7. The minimum Gasteiger partial charge on any atom is -0.493 e. The van der Waals surface area contributed by atoms with Gasteiger partial charge in [0.2, 0.25) is 11.7 Å². The molecule has 36 heavy (non-hydrogen) atoms. The quantitative estimate of drug-likeness (QED) is 0.482. The number of amides is 2. The second-order valence-corrected chi connectivity index (χ2v) is 8.94. The summed E-state index contributed by atoms with van der Waals surface area (Å²) in [5.41, 5.74) is 1.50. The van der Waals surface area contributed by atoms with E-state index in [1.165, 1.54) is 0 Å². The molecule has 2 N–H and O–H groups in total. The van der Waals surface area contributed by atoms with E-state index in [1.54, 1.807) is 39.5 Å². The van der Waals surface area contributed by atoms with Crippen LogP contribution in [-0.4, -0.2) is 50.2 Å². The number of methoxy groups -OCH3 is 3. The summed E-state index contributed by atoms with van der Waals surface area (Å²) < 4.78 is 16.5. The first-order chi connectivity index (χ1) is 17.5. The Morgan fingerprint density at radius 3 is 2.22 bits per heavy atom. The molecule has 0 aliphatic heterocycles. The fourth-order valence-corrected chi connectivity index (χ4v) is 4.92. The molecule has 3 aromatic rings. The average molecular weight is 492 g/mol. The third kappa shape index (κ3) is 4.80. The van der Waals surface area contributed by atoms with Crippen LogP contribution in [0.15, 0.2) is 42.5 Å². The van der Waals surface area contributed by atoms with Gasteiger partial charge >= 0.3 is 0 Å². The van der Waals surface area contributed by atoms with Crippen molar-refractivity contribution in [2.75, 3.05) is 27.9 Å². The lowest BCUT2D eigenvalue weighted by Gasteiger charge is -2.36. The minimum atomic E-state index is -0.914. The van der Waals surface area contributed by atoms with Crippen molar-refractivity contribution in [3.8, 4) is 28.5 Å². The number of pyridine rings is 1. The van der Waals surface area contributed by atoms with E-state index >= 15 is 0 Å². The zero-order valence-corrected chi connectivity index (χ0v) is 21.3. The largest absolute Gasteiger partial charge is 0.493 e. The standard InChI is InChI=1S/C28H33N3O5/c1-5-29-27(33)28(13-9-6-10-14-28)31-26(32)20-17-22(30-21-12-8-7-11-19(20)21)18-15-23(34-2)25(36-4)24(16-18)35-3/h7-8,11-12,15-17H,5-6,9-10,13-14H2,1-4H3,(H,29,33)(H,31,32). The summed E-state index contributed by atoms with van der Waals surface area (Å²) >= 11 is 0. The topological polar surface area (TPSA) is 98.8 Å². The van der Waals surface area contributed by atoms with Crippen LogP contribution in [0.4, 0.5) is 0 Å².